The van der Waals surface area contributed by atoms with E-state index in [0.717, 1.165) is 29.6 Å². The Morgan fingerprint density at radius 1 is 1.15 bits per heavy atom. The first kappa shape index (κ1) is 13.1. The number of nitrogens with zero attached hydrogens (tertiary/aromatic N) is 5. The molecule has 0 saturated carbocycles. The molecule has 0 aliphatic carbocycles. The second-order valence-electron chi connectivity index (χ2n) is 5.77. The molecule has 1 aliphatic rings. The van der Waals surface area contributed by atoms with Crippen LogP contribution in [0.2, 0.25) is 0 Å². The van der Waals surface area contributed by atoms with Crippen molar-refractivity contribution in [2.24, 2.45) is 5.92 Å². The third-order valence-electron chi connectivity index (χ3n) is 4.27. The molecular formula is C15H21N5. The quantitative estimate of drug-likeness (QED) is 0.842. The summed E-state index contributed by atoms with van der Waals surface area (Å²) < 4.78 is 1.86. The molecule has 5 heteroatoms. The lowest BCUT2D eigenvalue weighted by atomic mass is 10.1. The van der Waals surface area contributed by atoms with Gasteiger partial charge in [-0.25, -0.2) is 9.67 Å². The number of rotatable bonds is 2. The molecule has 0 N–H and O–H groups in total. The lowest BCUT2D eigenvalue weighted by molar-refractivity contribution is 0.544. The minimum Gasteiger partial charge on any atom is -0.352 e. The van der Waals surface area contributed by atoms with Crippen molar-refractivity contribution < 1.29 is 0 Å². The van der Waals surface area contributed by atoms with Gasteiger partial charge in [0, 0.05) is 18.3 Å². The molecule has 2 atom stereocenters. The lowest BCUT2D eigenvalue weighted by Crippen LogP contribution is -2.30. The molecule has 2 unspecified atom stereocenters. The van der Waals surface area contributed by atoms with Gasteiger partial charge >= 0.3 is 0 Å². The van der Waals surface area contributed by atoms with Gasteiger partial charge in [0.25, 0.3) is 0 Å². The smallest absolute Gasteiger partial charge is 0.174 e. The lowest BCUT2D eigenvalue weighted by Gasteiger charge is -2.24. The van der Waals surface area contributed by atoms with E-state index >= 15 is 0 Å². The molecule has 5 nitrogen and oxygen atoms in total. The Hall–Kier alpha value is -1.91. The Kier molecular flexibility index (Phi) is 3.20. The van der Waals surface area contributed by atoms with E-state index in [1.807, 2.05) is 24.7 Å². The molecule has 2 aromatic rings. The van der Waals surface area contributed by atoms with E-state index in [1.54, 1.807) is 6.20 Å². The summed E-state index contributed by atoms with van der Waals surface area (Å²) in [4.78, 5) is 11.4. The Morgan fingerprint density at radius 3 is 2.50 bits per heavy atom. The average Bonchev–Trinajstić information content (AvgIpc) is 2.93. The normalized spacial score (nSPS) is 22.5. The van der Waals surface area contributed by atoms with Crippen molar-refractivity contribution in [1.29, 1.82) is 0 Å². The Labute approximate surface area is 119 Å². The summed E-state index contributed by atoms with van der Waals surface area (Å²) in [5.74, 6) is 2.45. The van der Waals surface area contributed by atoms with Crippen LogP contribution in [0.1, 0.15) is 31.7 Å². The predicted molar refractivity (Wildman–Crippen MR) is 79.2 cm³/mol. The summed E-state index contributed by atoms with van der Waals surface area (Å²) in [6.07, 6.45) is 4.84. The molecule has 0 bridgehead atoms. The van der Waals surface area contributed by atoms with E-state index < -0.39 is 0 Å². The van der Waals surface area contributed by atoms with Gasteiger partial charge in [-0.15, -0.1) is 0 Å². The predicted octanol–water partition coefficient (Wildman–Crippen LogP) is 2.51. The molecule has 0 spiro atoms. The molecule has 0 radical (unpaired) electrons. The van der Waals surface area contributed by atoms with Gasteiger partial charge in [-0.1, -0.05) is 6.92 Å². The van der Waals surface area contributed by atoms with Crippen LogP contribution in [0.4, 0.5) is 5.82 Å². The second kappa shape index (κ2) is 4.89. The topological polar surface area (TPSA) is 46.8 Å². The average molecular weight is 271 g/mol. The minimum absolute atomic E-state index is 0.514. The van der Waals surface area contributed by atoms with E-state index in [9.17, 15) is 0 Å². The zero-order valence-electron chi connectivity index (χ0n) is 12.5. The number of anilines is 1. The van der Waals surface area contributed by atoms with Gasteiger partial charge in [-0.2, -0.15) is 5.10 Å². The van der Waals surface area contributed by atoms with E-state index in [0.29, 0.717) is 12.0 Å². The van der Waals surface area contributed by atoms with Crippen LogP contribution in [0, 0.1) is 19.8 Å². The summed E-state index contributed by atoms with van der Waals surface area (Å²) in [6.45, 7) is 9.63. The second-order valence-corrected chi connectivity index (χ2v) is 5.77. The molecule has 3 rings (SSSR count). The fraction of sp³-hybridized carbons (Fsp3) is 0.533. The standard InChI is InChI=1S/C15H21N5/c1-10-5-6-19(13(10)4)14-8-16-9-15(17-14)20-12(3)7-11(2)18-20/h7-10,13H,5-6H2,1-4H3. The number of aromatic nitrogens is 4. The zero-order valence-corrected chi connectivity index (χ0v) is 12.5. The van der Waals surface area contributed by atoms with Gasteiger partial charge in [-0.05, 0) is 39.2 Å². The van der Waals surface area contributed by atoms with Crippen LogP contribution < -0.4 is 4.90 Å². The molecule has 1 fully saturated rings. The Morgan fingerprint density at radius 2 is 1.90 bits per heavy atom. The van der Waals surface area contributed by atoms with Gasteiger partial charge in [0.2, 0.25) is 0 Å². The summed E-state index contributed by atoms with van der Waals surface area (Å²) in [5, 5.41) is 4.48. The minimum atomic E-state index is 0.514. The Balaban J connectivity index is 1.96. The van der Waals surface area contributed by atoms with E-state index in [1.165, 1.54) is 6.42 Å². The maximum atomic E-state index is 4.75. The van der Waals surface area contributed by atoms with Crippen LogP contribution in [0.15, 0.2) is 18.5 Å². The van der Waals surface area contributed by atoms with E-state index in [4.69, 9.17) is 4.98 Å². The first-order chi connectivity index (χ1) is 9.56. The number of hydrogen-bond donors (Lipinski definition) is 0. The first-order valence-electron chi connectivity index (χ1n) is 7.18. The van der Waals surface area contributed by atoms with Crippen molar-refractivity contribution in [3.63, 3.8) is 0 Å². The fourth-order valence-corrected chi connectivity index (χ4v) is 2.86. The highest BCUT2D eigenvalue weighted by molar-refractivity contribution is 5.42. The van der Waals surface area contributed by atoms with Crippen molar-refractivity contribution >= 4 is 5.82 Å². The molecule has 0 aromatic carbocycles. The zero-order chi connectivity index (χ0) is 14.3. The van der Waals surface area contributed by atoms with Crippen LogP contribution >= 0.6 is 0 Å². The molecule has 106 valence electrons. The first-order valence-corrected chi connectivity index (χ1v) is 7.18. The van der Waals surface area contributed by atoms with Gasteiger partial charge in [0.1, 0.15) is 5.82 Å². The molecule has 20 heavy (non-hydrogen) atoms. The van der Waals surface area contributed by atoms with Crippen LogP contribution in [0.5, 0.6) is 0 Å². The van der Waals surface area contributed by atoms with Crippen molar-refractivity contribution in [2.45, 2.75) is 40.2 Å². The van der Waals surface area contributed by atoms with Crippen molar-refractivity contribution in [1.82, 2.24) is 19.7 Å². The summed E-state index contributed by atoms with van der Waals surface area (Å²) in [7, 11) is 0. The van der Waals surface area contributed by atoms with E-state index in [-0.39, 0.29) is 0 Å². The highest BCUT2D eigenvalue weighted by Gasteiger charge is 2.28. The largest absolute Gasteiger partial charge is 0.352 e. The van der Waals surface area contributed by atoms with Gasteiger partial charge in [0.05, 0.1) is 18.1 Å². The SMILES string of the molecule is Cc1cc(C)n(-c2cncc(N3CCC(C)C3C)n2)n1. The fourth-order valence-electron chi connectivity index (χ4n) is 2.86. The van der Waals surface area contributed by atoms with E-state index in [2.05, 4.69) is 34.9 Å². The van der Waals surface area contributed by atoms with Gasteiger partial charge < -0.3 is 4.90 Å². The third kappa shape index (κ3) is 2.17. The third-order valence-corrected chi connectivity index (χ3v) is 4.27. The molecule has 2 aromatic heterocycles. The molecule has 1 saturated heterocycles. The summed E-state index contributed by atoms with van der Waals surface area (Å²) in [6, 6.07) is 2.56. The molecule has 0 amide bonds. The highest BCUT2D eigenvalue weighted by Crippen LogP contribution is 2.28. The number of aryl methyl sites for hydroxylation is 2. The molecule has 3 heterocycles. The maximum Gasteiger partial charge on any atom is 0.174 e. The maximum absolute atomic E-state index is 4.75. The van der Waals surface area contributed by atoms with Crippen molar-refractivity contribution in [2.75, 3.05) is 11.4 Å². The van der Waals surface area contributed by atoms with Crippen LogP contribution in [-0.4, -0.2) is 32.3 Å². The van der Waals surface area contributed by atoms with Crippen LogP contribution in [0.25, 0.3) is 5.82 Å². The highest BCUT2D eigenvalue weighted by atomic mass is 15.3. The molecule has 1 aliphatic heterocycles. The van der Waals surface area contributed by atoms with Crippen molar-refractivity contribution in [3.05, 3.63) is 29.8 Å². The monoisotopic (exact) mass is 271 g/mol. The summed E-state index contributed by atoms with van der Waals surface area (Å²) >= 11 is 0. The van der Waals surface area contributed by atoms with Gasteiger partial charge in [-0.3, -0.25) is 4.98 Å². The van der Waals surface area contributed by atoms with Crippen LogP contribution in [0.3, 0.4) is 0 Å². The van der Waals surface area contributed by atoms with Crippen molar-refractivity contribution in [3.8, 4) is 5.82 Å². The molecular weight excluding hydrogens is 250 g/mol. The summed E-state index contributed by atoms with van der Waals surface area (Å²) in [5.41, 5.74) is 2.08. The van der Waals surface area contributed by atoms with Crippen LogP contribution in [-0.2, 0) is 0 Å². The van der Waals surface area contributed by atoms with Gasteiger partial charge in [0.15, 0.2) is 5.82 Å². The Bertz CT molecular complexity index is 618. The number of hydrogen-bond acceptors (Lipinski definition) is 4.